The highest BCUT2D eigenvalue weighted by Gasteiger charge is 2.37. The van der Waals surface area contributed by atoms with Crippen molar-refractivity contribution in [1.29, 1.82) is 0 Å². The van der Waals surface area contributed by atoms with Crippen molar-refractivity contribution in [3.63, 3.8) is 0 Å². The molecule has 3 nitrogen and oxygen atoms in total. The van der Waals surface area contributed by atoms with Crippen LogP contribution in [0.15, 0.2) is 23.3 Å². The first-order valence-electron chi connectivity index (χ1n) is 4.10. The van der Waals surface area contributed by atoms with Crippen LogP contribution in [0.5, 0.6) is 0 Å². The molecule has 0 aromatic carbocycles. The minimum absolute atomic E-state index is 0.193. The van der Waals surface area contributed by atoms with Gasteiger partial charge in [-0.3, -0.25) is 14.8 Å². The second-order valence-electron chi connectivity index (χ2n) is 2.99. The van der Waals surface area contributed by atoms with Gasteiger partial charge in [0.05, 0.1) is 12.2 Å². The lowest BCUT2D eigenvalue weighted by Gasteiger charge is -2.09. The average Bonchev–Trinajstić information content (AvgIpc) is 2.58. The monoisotopic (exact) mass is 262 g/mol. The van der Waals surface area contributed by atoms with Crippen molar-refractivity contribution in [2.45, 2.75) is 10.3 Å². The molecule has 2 heterocycles. The summed E-state index contributed by atoms with van der Waals surface area (Å²) in [6.45, 7) is 0.359. The number of carbonyl (C=O) groups excluding carboxylic acids is 1. The molecule has 0 saturated heterocycles. The molecule has 1 aromatic rings. The number of halogens is 3. The fourth-order valence-corrected chi connectivity index (χ4v) is 1.62. The highest BCUT2D eigenvalue weighted by atomic mass is 35.6. The van der Waals surface area contributed by atoms with Gasteiger partial charge in [-0.1, -0.05) is 34.8 Å². The fourth-order valence-electron chi connectivity index (χ4n) is 1.35. The molecule has 1 aliphatic heterocycles. The first kappa shape index (κ1) is 10.9. The van der Waals surface area contributed by atoms with E-state index in [0.29, 0.717) is 12.1 Å². The summed E-state index contributed by atoms with van der Waals surface area (Å²) < 4.78 is -1.96. The smallest absolute Gasteiger partial charge is 0.255 e. The number of hydrogen-bond donors (Lipinski definition) is 0. The maximum atomic E-state index is 11.7. The van der Waals surface area contributed by atoms with E-state index in [-0.39, 0.29) is 5.71 Å². The number of fused-ring (bicyclic) bond motifs is 1. The molecule has 0 amide bonds. The molecule has 0 radical (unpaired) electrons. The van der Waals surface area contributed by atoms with Gasteiger partial charge in [0.2, 0.25) is 5.78 Å². The van der Waals surface area contributed by atoms with Gasteiger partial charge < -0.3 is 0 Å². The Balaban J connectivity index is 2.40. The molecule has 78 valence electrons. The molecule has 0 spiro atoms. The molecule has 0 aliphatic carbocycles. The number of aliphatic imine (C=N–C) groups is 1. The molecular weight excluding hydrogens is 258 g/mol. The number of ketones is 1. The van der Waals surface area contributed by atoms with Gasteiger partial charge in [-0.25, -0.2) is 0 Å². The van der Waals surface area contributed by atoms with Crippen LogP contribution in [0.2, 0.25) is 0 Å². The molecule has 1 aliphatic rings. The first-order chi connectivity index (χ1) is 7.00. The van der Waals surface area contributed by atoms with Crippen LogP contribution < -0.4 is 0 Å². The van der Waals surface area contributed by atoms with Crippen LogP contribution in [0.4, 0.5) is 0 Å². The normalized spacial score (nSPS) is 14.7. The fraction of sp³-hybridized carbons (Fsp3) is 0.222. The molecule has 0 atom stereocenters. The van der Waals surface area contributed by atoms with Gasteiger partial charge in [0.15, 0.2) is 0 Å². The minimum atomic E-state index is -1.96. The van der Waals surface area contributed by atoms with E-state index in [9.17, 15) is 4.79 Å². The highest BCUT2D eigenvalue weighted by Crippen LogP contribution is 2.30. The van der Waals surface area contributed by atoms with E-state index in [1.165, 1.54) is 0 Å². The van der Waals surface area contributed by atoms with Crippen LogP contribution in [0.3, 0.4) is 0 Å². The summed E-state index contributed by atoms with van der Waals surface area (Å²) in [5.41, 5.74) is 1.57. The lowest BCUT2D eigenvalue weighted by molar-refractivity contribution is -0.112. The molecular formula is C9H5Cl3N2O. The molecule has 0 unspecified atom stereocenters. The summed E-state index contributed by atoms with van der Waals surface area (Å²) in [6.07, 6.45) is 1.64. The van der Waals surface area contributed by atoms with E-state index in [0.717, 1.165) is 5.69 Å². The third-order valence-electron chi connectivity index (χ3n) is 2.00. The van der Waals surface area contributed by atoms with E-state index in [4.69, 9.17) is 34.8 Å². The maximum absolute atomic E-state index is 11.7. The summed E-state index contributed by atoms with van der Waals surface area (Å²) in [5.74, 6) is -0.612. The van der Waals surface area contributed by atoms with Crippen LogP contribution in [0.1, 0.15) is 11.3 Å². The van der Waals surface area contributed by atoms with Gasteiger partial charge >= 0.3 is 0 Å². The Hall–Kier alpha value is -0.640. The molecule has 0 N–H and O–H groups in total. The molecule has 6 heteroatoms. The first-order valence-corrected chi connectivity index (χ1v) is 5.24. The zero-order chi connectivity index (χ0) is 11.1. The zero-order valence-electron chi connectivity index (χ0n) is 7.38. The van der Waals surface area contributed by atoms with Crippen molar-refractivity contribution in [3.05, 3.63) is 29.6 Å². The summed E-state index contributed by atoms with van der Waals surface area (Å²) in [7, 11) is 0. The highest BCUT2D eigenvalue weighted by molar-refractivity contribution is 6.83. The van der Waals surface area contributed by atoms with E-state index < -0.39 is 9.58 Å². The summed E-state index contributed by atoms with van der Waals surface area (Å²) in [5, 5.41) is 0. The lowest BCUT2D eigenvalue weighted by atomic mass is 10.1. The number of hydrogen-bond acceptors (Lipinski definition) is 3. The molecule has 2 rings (SSSR count). The molecule has 0 bridgehead atoms. The SMILES string of the molecule is O=C(C1=NCc2ncccc21)C(Cl)(Cl)Cl. The number of aromatic nitrogens is 1. The van der Waals surface area contributed by atoms with Gasteiger partial charge in [0.1, 0.15) is 5.71 Å². The number of pyridine rings is 1. The Bertz CT molecular complexity index is 451. The van der Waals surface area contributed by atoms with Crippen molar-refractivity contribution in [2.75, 3.05) is 0 Å². The summed E-state index contributed by atoms with van der Waals surface area (Å²) in [4.78, 5) is 19.8. The summed E-state index contributed by atoms with van der Waals surface area (Å²) >= 11 is 16.5. The lowest BCUT2D eigenvalue weighted by Crippen LogP contribution is -2.28. The minimum Gasteiger partial charge on any atom is -0.288 e. The predicted molar refractivity (Wildman–Crippen MR) is 59.8 cm³/mol. The molecule has 15 heavy (non-hydrogen) atoms. The van der Waals surface area contributed by atoms with Crippen LogP contribution >= 0.6 is 34.8 Å². The number of Topliss-reactive ketones (excluding diaryl/α,β-unsaturated/α-hetero) is 1. The Morgan fingerprint density at radius 1 is 1.40 bits per heavy atom. The number of rotatable bonds is 1. The van der Waals surface area contributed by atoms with Crippen LogP contribution in [-0.2, 0) is 11.3 Å². The second kappa shape index (κ2) is 3.74. The van der Waals surface area contributed by atoms with Gasteiger partial charge in [-0.05, 0) is 12.1 Å². The third kappa shape index (κ3) is 2.00. The Morgan fingerprint density at radius 3 is 2.80 bits per heavy atom. The average molecular weight is 264 g/mol. The Labute approximate surface area is 101 Å². The number of alkyl halides is 3. The quantitative estimate of drug-likeness (QED) is 0.730. The van der Waals surface area contributed by atoms with Crippen LogP contribution in [0, 0.1) is 0 Å². The van der Waals surface area contributed by atoms with Gasteiger partial charge in [0.25, 0.3) is 3.79 Å². The largest absolute Gasteiger partial charge is 0.288 e. The number of carbonyl (C=O) groups is 1. The van der Waals surface area contributed by atoms with E-state index >= 15 is 0 Å². The van der Waals surface area contributed by atoms with Crippen molar-refractivity contribution < 1.29 is 4.79 Å². The Kier molecular flexibility index (Phi) is 2.71. The van der Waals surface area contributed by atoms with E-state index in [2.05, 4.69) is 9.98 Å². The predicted octanol–water partition coefficient (Wildman–Crippen LogP) is 2.32. The van der Waals surface area contributed by atoms with Crippen molar-refractivity contribution in [1.82, 2.24) is 4.98 Å². The molecule has 0 fully saturated rings. The third-order valence-corrected chi connectivity index (χ3v) is 2.52. The number of nitrogens with zero attached hydrogens (tertiary/aromatic N) is 2. The molecule has 0 saturated carbocycles. The summed E-state index contributed by atoms with van der Waals surface area (Å²) in [6, 6.07) is 3.45. The van der Waals surface area contributed by atoms with Crippen molar-refractivity contribution in [2.24, 2.45) is 4.99 Å². The zero-order valence-corrected chi connectivity index (χ0v) is 9.64. The van der Waals surface area contributed by atoms with Crippen molar-refractivity contribution in [3.8, 4) is 0 Å². The van der Waals surface area contributed by atoms with Gasteiger partial charge in [-0.15, -0.1) is 0 Å². The maximum Gasteiger partial charge on any atom is 0.255 e. The second-order valence-corrected chi connectivity index (χ2v) is 5.27. The van der Waals surface area contributed by atoms with Gasteiger partial charge in [0, 0.05) is 11.8 Å². The van der Waals surface area contributed by atoms with Gasteiger partial charge in [-0.2, -0.15) is 0 Å². The van der Waals surface area contributed by atoms with E-state index in [1.54, 1.807) is 18.3 Å². The van der Waals surface area contributed by atoms with Crippen LogP contribution in [-0.4, -0.2) is 20.3 Å². The standard InChI is InChI=1S/C9H5Cl3N2O/c10-9(11,12)8(15)7-5-2-1-3-13-6(5)4-14-7/h1-3H,4H2. The topological polar surface area (TPSA) is 42.3 Å². The van der Waals surface area contributed by atoms with Crippen molar-refractivity contribution >= 4 is 46.3 Å². The van der Waals surface area contributed by atoms with E-state index in [1.807, 2.05) is 0 Å². The molecule has 1 aromatic heterocycles. The van der Waals surface area contributed by atoms with Crippen LogP contribution in [0.25, 0.3) is 0 Å². The Morgan fingerprint density at radius 2 is 2.13 bits per heavy atom.